The summed E-state index contributed by atoms with van der Waals surface area (Å²) in [7, 11) is 1.69. The molecule has 0 aromatic heterocycles. The first-order valence-corrected chi connectivity index (χ1v) is 10.8. The number of morpholine rings is 1. The summed E-state index contributed by atoms with van der Waals surface area (Å²) in [5, 5.41) is 6.15. The Morgan fingerprint density at radius 1 is 1.24 bits per heavy atom. The monoisotopic (exact) mass is 404 g/mol. The molecular weight excluding hydrogens is 368 g/mol. The Morgan fingerprint density at radius 3 is 2.76 bits per heavy atom. The minimum atomic E-state index is -0.0660. The molecule has 2 amide bonds. The normalized spacial score (nSPS) is 21.2. The molecule has 1 aromatic rings. The molecule has 2 fully saturated rings. The molecule has 1 aromatic carbocycles. The molecule has 2 saturated heterocycles. The van der Waals surface area contributed by atoms with E-state index in [4.69, 9.17) is 9.47 Å². The van der Waals surface area contributed by atoms with Crippen molar-refractivity contribution in [3.8, 4) is 5.75 Å². The van der Waals surface area contributed by atoms with Crippen molar-refractivity contribution in [3.63, 3.8) is 0 Å². The van der Waals surface area contributed by atoms with Crippen molar-refractivity contribution in [2.75, 3.05) is 64.5 Å². The van der Waals surface area contributed by atoms with Gasteiger partial charge < -0.3 is 25.0 Å². The van der Waals surface area contributed by atoms with E-state index in [1.807, 2.05) is 12.1 Å². The quantitative estimate of drug-likeness (QED) is 0.695. The summed E-state index contributed by atoms with van der Waals surface area (Å²) in [6.45, 7) is 11.2. The van der Waals surface area contributed by atoms with E-state index in [9.17, 15) is 4.79 Å². The van der Waals surface area contributed by atoms with E-state index in [2.05, 4.69) is 46.4 Å². The highest BCUT2D eigenvalue weighted by atomic mass is 16.5. The van der Waals surface area contributed by atoms with Crippen LogP contribution in [0.25, 0.3) is 0 Å². The van der Waals surface area contributed by atoms with Crippen molar-refractivity contribution in [1.82, 2.24) is 15.5 Å². The van der Waals surface area contributed by atoms with Gasteiger partial charge in [-0.25, -0.2) is 4.79 Å². The number of hydrogen-bond donors (Lipinski definition) is 2. The molecule has 0 aliphatic carbocycles. The molecule has 7 nitrogen and oxygen atoms in total. The minimum absolute atomic E-state index is 0.0660. The van der Waals surface area contributed by atoms with Crippen molar-refractivity contribution < 1.29 is 14.3 Å². The van der Waals surface area contributed by atoms with E-state index in [1.165, 1.54) is 5.69 Å². The van der Waals surface area contributed by atoms with Crippen molar-refractivity contribution in [2.45, 2.75) is 26.3 Å². The third-order valence-corrected chi connectivity index (χ3v) is 6.01. The molecule has 2 aliphatic heterocycles. The van der Waals surface area contributed by atoms with Crippen LogP contribution in [0, 0.1) is 11.8 Å². The summed E-state index contributed by atoms with van der Waals surface area (Å²) < 4.78 is 10.8. The Morgan fingerprint density at radius 2 is 2.03 bits per heavy atom. The summed E-state index contributed by atoms with van der Waals surface area (Å²) in [5.74, 6) is 1.83. The fraction of sp³-hybridized carbons (Fsp3) is 0.682. The number of carbonyl (C=O) groups is 1. The van der Waals surface area contributed by atoms with Gasteiger partial charge in [0.15, 0.2) is 0 Å². The smallest absolute Gasteiger partial charge is 0.314 e. The number of rotatable bonds is 8. The zero-order valence-electron chi connectivity index (χ0n) is 18.0. The van der Waals surface area contributed by atoms with E-state index in [0.29, 0.717) is 31.0 Å². The highest BCUT2D eigenvalue weighted by Crippen LogP contribution is 2.26. The van der Waals surface area contributed by atoms with Crippen LogP contribution >= 0.6 is 0 Å². The van der Waals surface area contributed by atoms with Crippen LogP contribution < -0.4 is 20.3 Å². The molecular formula is C22H36N4O3. The van der Waals surface area contributed by atoms with Gasteiger partial charge in [0.2, 0.25) is 0 Å². The van der Waals surface area contributed by atoms with Crippen LogP contribution in [0.4, 0.5) is 10.5 Å². The lowest BCUT2D eigenvalue weighted by atomic mass is 10.0. The zero-order valence-corrected chi connectivity index (χ0v) is 18.0. The van der Waals surface area contributed by atoms with Crippen LogP contribution in [0.15, 0.2) is 24.3 Å². The van der Waals surface area contributed by atoms with Gasteiger partial charge in [-0.1, -0.05) is 19.9 Å². The van der Waals surface area contributed by atoms with Crippen LogP contribution in [0.5, 0.6) is 5.75 Å². The predicted octanol–water partition coefficient (Wildman–Crippen LogP) is 2.18. The van der Waals surface area contributed by atoms with Gasteiger partial charge in [0.05, 0.1) is 20.3 Å². The molecule has 162 valence electrons. The molecule has 0 bridgehead atoms. The Kier molecular flexibility index (Phi) is 8.00. The number of hydrogen-bond acceptors (Lipinski definition) is 5. The summed E-state index contributed by atoms with van der Waals surface area (Å²) in [6, 6.07) is 8.45. The molecule has 29 heavy (non-hydrogen) atoms. The van der Waals surface area contributed by atoms with Crippen molar-refractivity contribution in [1.29, 1.82) is 0 Å². The highest BCUT2D eigenvalue weighted by molar-refractivity contribution is 5.73. The van der Waals surface area contributed by atoms with Crippen molar-refractivity contribution in [2.24, 2.45) is 11.8 Å². The van der Waals surface area contributed by atoms with E-state index < -0.39 is 0 Å². The maximum atomic E-state index is 12.3. The third kappa shape index (κ3) is 6.24. The van der Waals surface area contributed by atoms with Gasteiger partial charge in [-0.15, -0.1) is 0 Å². The van der Waals surface area contributed by atoms with Crippen LogP contribution in [0.2, 0.25) is 0 Å². The lowest BCUT2D eigenvalue weighted by Crippen LogP contribution is -2.52. The van der Waals surface area contributed by atoms with E-state index >= 15 is 0 Å². The fourth-order valence-corrected chi connectivity index (χ4v) is 4.23. The maximum Gasteiger partial charge on any atom is 0.314 e. The average Bonchev–Trinajstić information content (AvgIpc) is 3.22. The summed E-state index contributed by atoms with van der Waals surface area (Å²) in [4.78, 5) is 17.1. The topological polar surface area (TPSA) is 66.1 Å². The molecule has 7 heteroatoms. The first kappa shape index (κ1) is 21.7. The van der Waals surface area contributed by atoms with Gasteiger partial charge in [0.25, 0.3) is 0 Å². The number of anilines is 1. The van der Waals surface area contributed by atoms with Gasteiger partial charge >= 0.3 is 6.03 Å². The third-order valence-electron chi connectivity index (χ3n) is 6.01. The first-order valence-electron chi connectivity index (χ1n) is 10.8. The Hall–Kier alpha value is -1.99. The highest BCUT2D eigenvalue weighted by Gasteiger charge is 2.25. The van der Waals surface area contributed by atoms with Gasteiger partial charge in [-0.2, -0.15) is 0 Å². The minimum Gasteiger partial charge on any atom is -0.497 e. The van der Waals surface area contributed by atoms with E-state index in [0.717, 1.165) is 51.6 Å². The molecule has 2 aliphatic rings. The van der Waals surface area contributed by atoms with Crippen LogP contribution in [-0.4, -0.2) is 76.6 Å². The summed E-state index contributed by atoms with van der Waals surface area (Å²) in [6.07, 6.45) is 1.08. The molecule has 0 spiro atoms. The second kappa shape index (κ2) is 10.7. The second-order valence-electron chi connectivity index (χ2n) is 8.35. The first-order chi connectivity index (χ1) is 14.1. The molecule has 2 unspecified atom stereocenters. The van der Waals surface area contributed by atoms with Gasteiger partial charge in [0.1, 0.15) is 5.75 Å². The largest absolute Gasteiger partial charge is 0.497 e. The molecule has 2 heterocycles. The predicted molar refractivity (Wildman–Crippen MR) is 116 cm³/mol. The number of nitrogens with one attached hydrogen (secondary N) is 2. The van der Waals surface area contributed by atoms with E-state index in [-0.39, 0.29) is 6.03 Å². The van der Waals surface area contributed by atoms with Crippen LogP contribution in [-0.2, 0) is 4.74 Å². The SMILES string of the molecule is COc1cccc(N2CCC(CNC(=O)NCC(C(C)C)N3CCOCC3)C2)c1. The lowest BCUT2D eigenvalue weighted by molar-refractivity contribution is 0.00719. The number of urea groups is 1. The van der Waals surface area contributed by atoms with Crippen LogP contribution in [0.3, 0.4) is 0 Å². The summed E-state index contributed by atoms with van der Waals surface area (Å²) >= 11 is 0. The zero-order chi connectivity index (χ0) is 20.6. The Bertz CT molecular complexity index is 649. The average molecular weight is 405 g/mol. The number of benzene rings is 1. The Balaban J connectivity index is 1.40. The Labute approximate surface area is 174 Å². The molecule has 0 saturated carbocycles. The summed E-state index contributed by atoms with van der Waals surface area (Å²) in [5.41, 5.74) is 1.18. The standard InChI is InChI=1S/C22H36N4O3/c1-17(2)21(25-9-11-29-12-10-25)15-24-22(27)23-14-18-7-8-26(16-18)19-5-4-6-20(13-19)28-3/h4-6,13,17-18,21H,7-12,14-16H2,1-3H3,(H2,23,24,27). The van der Waals surface area contributed by atoms with Gasteiger partial charge in [0, 0.05) is 57.1 Å². The number of nitrogens with zero attached hydrogens (tertiary/aromatic N) is 2. The molecule has 3 rings (SSSR count). The molecule has 2 N–H and O–H groups in total. The molecule has 0 radical (unpaired) electrons. The maximum absolute atomic E-state index is 12.3. The van der Waals surface area contributed by atoms with E-state index in [1.54, 1.807) is 7.11 Å². The molecule has 2 atom stereocenters. The number of carbonyl (C=O) groups excluding carboxylic acids is 1. The fourth-order valence-electron chi connectivity index (χ4n) is 4.23. The van der Waals surface area contributed by atoms with Gasteiger partial charge in [-0.3, -0.25) is 4.90 Å². The van der Waals surface area contributed by atoms with Crippen molar-refractivity contribution in [3.05, 3.63) is 24.3 Å². The second-order valence-corrected chi connectivity index (χ2v) is 8.35. The number of methoxy groups -OCH3 is 1. The lowest BCUT2D eigenvalue weighted by Gasteiger charge is -2.36. The van der Waals surface area contributed by atoms with Crippen molar-refractivity contribution >= 4 is 11.7 Å². The van der Waals surface area contributed by atoms with Crippen LogP contribution in [0.1, 0.15) is 20.3 Å². The number of ether oxygens (including phenoxy) is 2. The number of amides is 2. The van der Waals surface area contributed by atoms with Gasteiger partial charge in [-0.05, 0) is 30.4 Å².